The minimum atomic E-state index is -0.0832. The summed E-state index contributed by atoms with van der Waals surface area (Å²) in [5.74, 6) is -0.0832. The molecule has 0 spiro atoms. The fraction of sp³-hybridized carbons (Fsp3) is 0.562. The molecular weight excluding hydrogens is 286 g/mol. The number of hydrogen-bond donors (Lipinski definition) is 1. The van der Waals surface area contributed by atoms with Crippen LogP contribution >= 0.6 is 11.6 Å². The Bertz CT molecular complexity index is 441. The van der Waals surface area contributed by atoms with Gasteiger partial charge in [-0.3, -0.25) is 4.79 Å². The van der Waals surface area contributed by atoms with E-state index in [1.54, 1.807) is 23.1 Å². The molecule has 21 heavy (non-hydrogen) atoms. The summed E-state index contributed by atoms with van der Waals surface area (Å²) in [6.07, 6.45) is 0.950. The number of nitrogens with zero attached hydrogens (tertiary/aromatic N) is 2. The molecule has 5 heteroatoms. The van der Waals surface area contributed by atoms with Crippen LogP contribution < -0.4 is 5.73 Å². The van der Waals surface area contributed by atoms with Crippen LogP contribution in [0.5, 0.6) is 0 Å². The van der Waals surface area contributed by atoms with Crippen LogP contribution in [0.4, 0.5) is 5.69 Å². The lowest BCUT2D eigenvalue weighted by atomic mass is 10.1. The highest BCUT2D eigenvalue weighted by atomic mass is 35.5. The number of halogens is 1. The summed E-state index contributed by atoms with van der Waals surface area (Å²) < 4.78 is 0. The van der Waals surface area contributed by atoms with E-state index in [1.165, 1.54) is 0 Å². The molecule has 0 saturated carbocycles. The standard InChI is InChI=1S/C16H26ClN3O/c1-4-19(5-2)11-8-12-20(6-3)16(21)15-13(17)9-7-10-14(15)18/h7,9-10H,4-6,8,11-12,18H2,1-3H3. The first-order chi connectivity index (χ1) is 10.0. The van der Waals surface area contributed by atoms with Crippen molar-refractivity contribution in [3.8, 4) is 0 Å². The van der Waals surface area contributed by atoms with Crippen molar-refractivity contribution < 1.29 is 4.79 Å². The van der Waals surface area contributed by atoms with Gasteiger partial charge >= 0.3 is 0 Å². The average molecular weight is 312 g/mol. The van der Waals surface area contributed by atoms with E-state index < -0.39 is 0 Å². The fourth-order valence-electron chi connectivity index (χ4n) is 2.35. The van der Waals surface area contributed by atoms with Gasteiger partial charge in [-0.2, -0.15) is 0 Å². The average Bonchev–Trinajstić information content (AvgIpc) is 2.47. The lowest BCUT2D eigenvalue weighted by Crippen LogP contribution is -2.34. The predicted octanol–water partition coefficient (Wildman–Crippen LogP) is 3.12. The molecule has 2 N–H and O–H groups in total. The van der Waals surface area contributed by atoms with Crippen molar-refractivity contribution in [1.29, 1.82) is 0 Å². The maximum absolute atomic E-state index is 12.6. The molecule has 1 amide bonds. The van der Waals surface area contributed by atoms with Crippen molar-refractivity contribution in [1.82, 2.24) is 9.80 Å². The van der Waals surface area contributed by atoms with Crippen LogP contribution in [0.3, 0.4) is 0 Å². The van der Waals surface area contributed by atoms with Crippen LogP contribution in [-0.4, -0.2) is 48.4 Å². The van der Waals surface area contributed by atoms with Gasteiger partial charge in [0.05, 0.1) is 10.6 Å². The molecule has 4 nitrogen and oxygen atoms in total. The highest BCUT2D eigenvalue weighted by Crippen LogP contribution is 2.23. The molecule has 0 atom stereocenters. The van der Waals surface area contributed by atoms with Gasteiger partial charge < -0.3 is 15.5 Å². The Morgan fingerprint density at radius 2 is 1.81 bits per heavy atom. The summed E-state index contributed by atoms with van der Waals surface area (Å²) in [6, 6.07) is 5.17. The van der Waals surface area contributed by atoms with Crippen LogP contribution in [0.2, 0.25) is 5.02 Å². The second-order valence-electron chi connectivity index (χ2n) is 4.97. The molecule has 1 aromatic rings. The van der Waals surface area contributed by atoms with Crippen LogP contribution in [0.15, 0.2) is 18.2 Å². The predicted molar refractivity (Wildman–Crippen MR) is 89.8 cm³/mol. The first-order valence-corrected chi connectivity index (χ1v) is 7.98. The maximum atomic E-state index is 12.6. The highest BCUT2D eigenvalue weighted by molar-refractivity contribution is 6.34. The molecular formula is C16H26ClN3O. The summed E-state index contributed by atoms with van der Waals surface area (Å²) in [5.41, 5.74) is 6.75. The topological polar surface area (TPSA) is 49.6 Å². The van der Waals surface area contributed by atoms with Crippen molar-refractivity contribution in [3.63, 3.8) is 0 Å². The van der Waals surface area contributed by atoms with E-state index in [0.29, 0.717) is 22.8 Å². The van der Waals surface area contributed by atoms with E-state index >= 15 is 0 Å². The molecule has 118 valence electrons. The Morgan fingerprint density at radius 1 is 1.14 bits per heavy atom. The number of nitrogens with two attached hydrogens (primary N) is 1. The first-order valence-electron chi connectivity index (χ1n) is 7.60. The van der Waals surface area contributed by atoms with E-state index in [9.17, 15) is 4.79 Å². The molecule has 1 aromatic carbocycles. The summed E-state index contributed by atoms with van der Waals surface area (Å²) in [6.45, 7) is 10.7. The lowest BCUT2D eigenvalue weighted by molar-refractivity contribution is 0.0758. The smallest absolute Gasteiger partial charge is 0.257 e. The molecule has 0 fully saturated rings. The Morgan fingerprint density at radius 3 is 2.33 bits per heavy atom. The highest BCUT2D eigenvalue weighted by Gasteiger charge is 2.19. The summed E-state index contributed by atoms with van der Waals surface area (Å²) >= 11 is 6.12. The zero-order valence-electron chi connectivity index (χ0n) is 13.2. The number of nitrogen functional groups attached to an aromatic ring is 1. The van der Waals surface area contributed by atoms with Crippen molar-refractivity contribution in [2.45, 2.75) is 27.2 Å². The molecule has 0 radical (unpaired) electrons. The van der Waals surface area contributed by atoms with Crippen LogP contribution in [-0.2, 0) is 0 Å². The minimum Gasteiger partial charge on any atom is -0.398 e. The van der Waals surface area contributed by atoms with Crippen LogP contribution in [0.25, 0.3) is 0 Å². The second-order valence-corrected chi connectivity index (χ2v) is 5.38. The molecule has 0 unspecified atom stereocenters. The van der Waals surface area contributed by atoms with Gasteiger partial charge in [-0.1, -0.05) is 31.5 Å². The van der Waals surface area contributed by atoms with E-state index in [1.807, 2.05) is 6.92 Å². The number of carbonyl (C=O) groups excluding carboxylic acids is 1. The number of benzene rings is 1. The Kier molecular flexibility index (Phi) is 7.54. The number of rotatable bonds is 8. The summed E-state index contributed by atoms with van der Waals surface area (Å²) in [7, 11) is 0. The van der Waals surface area contributed by atoms with Gasteiger partial charge in [0.2, 0.25) is 0 Å². The minimum absolute atomic E-state index is 0.0832. The summed E-state index contributed by atoms with van der Waals surface area (Å²) in [4.78, 5) is 16.7. The van der Waals surface area contributed by atoms with Gasteiger partial charge in [-0.15, -0.1) is 0 Å². The largest absolute Gasteiger partial charge is 0.398 e. The van der Waals surface area contributed by atoms with Crippen LogP contribution in [0, 0.1) is 0 Å². The normalized spacial score (nSPS) is 10.9. The monoisotopic (exact) mass is 311 g/mol. The number of amides is 1. The van der Waals surface area contributed by atoms with Crippen molar-refractivity contribution in [2.24, 2.45) is 0 Å². The van der Waals surface area contributed by atoms with Gasteiger partial charge in [0, 0.05) is 18.8 Å². The zero-order valence-corrected chi connectivity index (χ0v) is 14.0. The number of hydrogen-bond acceptors (Lipinski definition) is 3. The molecule has 0 heterocycles. The third-order valence-electron chi connectivity index (χ3n) is 3.73. The molecule has 0 bridgehead atoms. The number of anilines is 1. The van der Waals surface area contributed by atoms with Gasteiger partial charge in [0.1, 0.15) is 0 Å². The third kappa shape index (κ3) is 4.90. The fourth-order valence-corrected chi connectivity index (χ4v) is 2.62. The molecule has 0 saturated heterocycles. The van der Waals surface area contributed by atoms with E-state index in [-0.39, 0.29) is 5.91 Å². The molecule has 0 aromatic heterocycles. The van der Waals surface area contributed by atoms with Gasteiger partial charge in [-0.05, 0) is 45.1 Å². The molecule has 0 aliphatic rings. The van der Waals surface area contributed by atoms with Gasteiger partial charge in [0.25, 0.3) is 5.91 Å². The van der Waals surface area contributed by atoms with Crippen molar-refractivity contribution >= 4 is 23.2 Å². The van der Waals surface area contributed by atoms with E-state index in [0.717, 1.165) is 32.6 Å². The number of carbonyl (C=O) groups is 1. The Hall–Kier alpha value is -1.26. The van der Waals surface area contributed by atoms with E-state index in [2.05, 4.69) is 18.7 Å². The third-order valence-corrected chi connectivity index (χ3v) is 4.04. The Balaban J connectivity index is 2.69. The molecule has 0 aliphatic heterocycles. The van der Waals surface area contributed by atoms with Crippen molar-refractivity contribution in [3.05, 3.63) is 28.8 Å². The van der Waals surface area contributed by atoms with Crippen molar-refractivity contribution in [2.75, 3.05) is 38.5 Å². The van der Waals surface area contributed by atoms with Crippen LogP contribution in [0.1, 0.15) is 37.6 Å². The quantitative estimate of drug-likeness (QED) is 0.750. The molecule has 1 rings (SSSR count). The maximum Gasteiger partial charge on any atom is 0.257 e. The molecule has 0 aliphatic carbocycles. The Labute approximate surface area is 132 Å². The lowest BCUT2D eigenvalue weighted by Gasteiger charge is -2.24. The zero-order chi connectivity index (χ0) is 15.8. The summed E-state index contributed by atoms with van der Waals surface area (Å²) in [5, 5.41) is 0.419. The second kappa shape index (κ2) is 8.90. The van der Waals surface area contributed by atoms with Gasteiger partial charge in [0.15, 0.2) is 0 Å². The first kappa shape index (κ1) is 17.8. The van der Waals surface area contributed by atoms with Gasteiger partial charge in [-0.25, -0.2) is 0 Å². The van der Waals surface area contributed by atoms with E-state index in [4.69, 9.17) is 17.3 Å². The SMILES string of the molecule is CCN(CC)CCCN(CC)C(=O)c1c(N)cccc1Cl.